The SMILES string of the molecule is O=CC1=CCN(SC2C=CC(c3ccc(N4CCN(C5CC5)CC4)cc3)CC2)CC1. The zero-order chi connectivity index (χ0) is 20.3. The van der Waals surface area contributed by atoms with Crippen LogP contribution in [0.3, 0.4) is 0 Å². The molecule has 30 heavy (non-hydrogen) atoms. The molecule has 2 fully saturated rings. The highest BCUT2D eigenvalue weighted by Crippen LogP contribution is 2.35. The summed E-state index contributed by atoms with van der Waals surface area (Å²) in [6.45, 7) is 6.65. The maximum absolute atomic E-state index is 10.9. The first-order valence-electron chi connectivity index (χ1n) is 11.6. The fourth-order valence-corrected chi connectivity index (χ4v) is 6.08. The summed E-state index contributed by atoms with van der Waals surface area (Å²) in [6.07, 6.45) is 14.1. The molecule has 1 saturated carbocycles. The number of aldehydes is 1. The Labute approximate surface area is 185 Å². The number of carbonyl (C=O) groups is 1. The first-order valence-corrected chi connectivity index (χ1v) is 12.5. The van der Waals surface area contributed by atoms with E-state index in [4.69, 9.17) is 0 Å². The fourth-order valence-electron chi connectivity index (χ4n) is 4.94. The highest BCUT2D eigenvalue weighted by molar-refractivity contribution is 7.97. The normalized spacial score (nSPS) is 28.4. The maximum atomic E-state index is 10.9. The molecule has 0 amide bonds. The summed E-state index contributed by atoms with van der Waals surface area (Å²) in [5.74, 6) is 0.547. The van der Waals surface area contributed by atoms with E-state index in [1.165, 1.54) is 50.0 Å². The Hall–Kier alpha value is -1.56. The van der Waals surface area contributed by atoms with E-state index in [1.807, 2.05) is 11.9 Å². The van der Waals surface area contributed by atoms with E-state index in [0.29, 0.717) is 11.2 Å². The van der Waals surface area contributed by atoms with Gasteiger partial charge in [0.1, 0.15) is 6.29 Å². The van der Waals surface area contributed by atoms with Crippen molar-refractivity contribution in [1.82, 2.24) is 9.21 Å². The van der Waals surface area contributed by atoms with Crippen molar-refractivity contribution in [3.05, 3.63) is 53.6 Å². The summed E-state index contributed by atoms with van der Waals surface area (Å²) in [5.41, 5.74) is 3.79. The van der Waals surface area contributed by atoms with Gasteiger partial charge in [-0.2, -0.15) is 0 Å². The molecule has 0 aromatic heterocycles. The third kappa shape index (κ3) is 4.84. The number of piperazine rings is 1. The Bertz CT molecular complexity index is 793. The number of allylic oxidation sites excluding steroid dienone is 1. The van der Waals surface area contributed by atoms with E-state index in [2.05, 4.69) is 56.6 Å². The lowest BCUT2D eigenvalue weighted by atomic mass is 9.89. The zero-order valence-corrected chi connectivity index (χ0v) is 18.6. The lowest BCUT2D eigenvalue weighted by Gasteiger charge is -2.36. The Balaban J connectivity index is 1.12. The molecule has 4 nitrogen and oxygen atoms in total. The van der Waals surface area contributed by atoms with Crippen molar-refractivity contribution >= 4 is 23.9 Å². The van der Waals surface area contributed by atoms with Crippen LogP contribution >= 0.6 is 11.9 Å². The molecule has 2 aliphatic carbocycles. The standard InChI is InChI=1S/C25H33N3OS/c29-19-20-11-13-28(14-12-20)30-25-9-3-22(4-10-25)21-1-5-23(6-2-21)26-15-17-27(18-16-26)24-7-8-24/h1-3,5-6,9,11,19,22,24-25H,4,7-8,10,12-18H2. The summed E-state index contributed by atoms with van der Waals surface area (Å²) >= 11 is 1.95. The summed E-state index contributed by atoms with van der Waals surface area (Å²) in [5, 5.41) is 0.564. The molecular weight excluding hydrogens is 390 g/mol. The van der Waals surface area contributed by atoms with Gasteiger partial charge in [0.25, 0.3) is 0 Å². The van der Waals surface area contributed by atoms with E-state index >= 15 is 0 Å². The molecule has 0 spiro atoms. The minimum Gasteiger partial charge on any atom is -0.369 e. The van der Waals surface area contributed by atoms with Gasteiger partial charge in [-0.15, -0.1) is 0 Å². The molecule has 0 N–H and O–H groups in total. The molecule has 2 heterocycles. The number of rotatable bonds is 6. The largest absolute Gasteiger partial charge is 0.369 e. The van der Waals surface area contributed by atoms with Crippen molar-refractivity contribution in [1.29, 1.82) is 0 Å². The van der Waals surface area contributed by atoms with Gasteiger partial charge in [0.2, 0.25) is 0 Å². The van der Waals surface area contributed by atoms with Crippen LogP contribution in [0.1, 0.15) is 43.6 Å². The lowest BCUT2D eigenvalue weighted by molar-refractivity contribution is -0.105. The van der Waals surface area contributed by atoms with Gasteiger partial charge >= 0.3 is 0 Å². The van der Waals surface area contributed by atoms with E-state index in [0.717, 1.165) is 50.5 Å². The predicted molar refractivity (Wildman–Crippen MR) is 126 cm³/mol. The monoisotopic (exact) mass is 423 g/mol. The summed E-state index contributed by atoms with van der Waals surface area (Å²) < 4.78 is 2.40. The van der Waals surface area contributed by atoms with Crippen LogP contribution in [0.15, 0.2) is 48.1 Å². The molecule has 5 rings (SSSR count). The fraction of sp³-hybridized carbons (Fsp3) is 0.560. The molecule has 1 aromatic carbocycles. The van der Waals surface area contributed by atoms with Crippen LogP contribution < -0.4 is 4.90 Å². The zero-order valence-electron chi connectivity index (χ0n) is 17.8. The molecule has 4 aliphatic rings. The van der Waals surface area contributed by atoms with Crippen LogP contribution in [0.2, 0.25) is 0 Å². The second-order valence-corrected chi connectivity index (χ2v) is 10.4. The Kier molecular flexibility index (Phi) is 6.30. The quantitative estimate of drug-likeness (QED) is 0.387. The van der Waals surface area contributed by atoms with Crippen molar-refractivity contribution in [2.24, 2.45) is 0 Å². The van der Waals surface area contributed by atoms with E-state index in [9.17, 15) is 4.79 Å². The van der Waals surface area contributed by atoms with Crippen molar-refractivity contribution in [2.75, 3.05) is 44.2 Å². The van der Waals surface area contributed by atoms with Crippen LogP contribution in [0, 0.1) is 0 Å². The second-order valence-electron chi connectivity index (χ2n) is 9.09. The Morgan fingerprint density at radius 2 is 1.70 bits per heavy atom. The third-order valence-corrected chi connectivity index (χ3v) is 8.32. The number of carbonyl (C=O) groups excluding carboxylic acids is 1. The minimum absolute atomic E-state index is 0.547. The lowest BCUT2D eigenvalue weighted by Crippen LogP contribution is -2.47. The van der Waals surface area contributed by atoms with Crippen LogP contribution in [0.4, 0.5) is 5.69 Å². The van der Waals surface area contributed by atoms with Gasteiger partial charge in [-0.3, -0.25) is 9.69 Å². The topological polar surface area (TPSA) is 26.8 Å². The van der Waals surface area contributed by atoms with Crippen LogP contribution in [-0.4, -0.2) is 66.1 Å². The molecule has 0 bridgehead atoms. The smallest absolute Gasteiger partial charge is 0.145 e. The number of hydrogen-bond acceptors (Lipinski definition) is 5. The first-order chi connectivity index (χ1) is 14.8. The molecule has 0 radical (unpaired) electrons. The van der Waals surface area contributed by atoms with Crippen molar-refractivity contribution in [3.63, 3.8) is 0 Å². The molecule has 5 heteroatoms. The van der Waals surface area contributed by atoms with Gasteiger partial charge in [-0.1, -0.05) is 42.3 Å². The molecule has 1 saturated heterocycles. The Morgan fingerprint density at radius 3 is 2.30 bits per heavy atom. The van der Waals surface area contributed by atoms with Gasteiger partial charge in [0.05, 0.1) is 0 Å². The number of benzene rings is 1. The summed E-state index contributed by atoms with van der Waals surface area (Å²) in [4.78, 5) is 16.1. The average Bonchev–Trinajstić information content (AvgIpc) is 3.66. The molecule has 160 valence electrons. The average molecular weight is 424 g/mol. The maximum Gasteiger partial charge on any atom is 0.145 e. The first kappa shape index (κ1) is 20.3. The van der Waals surface area contributed by atoms with Crippen molar-refractivity contribution in [3.8, 4) is 0 Å². The highest BCUT2D eigenvalue weighted by atomic mass is 32.2. The Morgan fingerprint density at radius 1 is 0.900 bits per heavy atom. The van der Waals surface area contributed by atoms with Gasteiger partial charge < -0.3 is 4.90 Å². The molecule has 2 unspecified atom stereocenters. The molecular formula is C25H33N3OS. The van der Waals surface area contributed by atoms with Crippen LogP contribution in [0.25, 0.3) is 0 Å². The summed E-state index contributed by atoms with van der Waals surface area (Å²) in [7, 11) is 0. The minimum atomic E-state index is 0.547. The summed E-state index contributed by atoms with van der Waals surface area (Å²) in [6, 6.07) is 10.3. The number of nitrogens with zero attached hydrogens (tertiary/aromatic N) is 3. The van der Waals surface area contributed by atoms with E-state index in [-0.39, 0.29) is 0 Å². The van der Waals surface area contributed by atoms with Crippen LogP contribution in [-0.2, 0) is 4.79 Å². The molecule has 2 atom stereocenters. The third-order valence-electron chi connectivity index (χ3n) is 7.03. The van der Waals surface area contributed by atoms with Crippen molar-refractivity contribution < 1.29 is 4.79 Å². The van der Waals surface area contributed by atoms with Crippen molar-refractivity contribution in [2.45, 2.75) is 49.3 Å². The van der Waals surface area contributed by atoms with Gasteiger partial charge in [-0.05, 0) is 55.4 Å². The molecule has 1 aromatic rings. The van der Waals surface area contributed by atoms with E-state index in [1.54, 1.807) is 0 Å². The molecule has 2 aliphatic heterocycles. The van der Waals surface area contributed by atoms with Crippen LogP contribution in [0.5, 0.6) is 0 Å². The van der Waals surface area contributed by atoms with Gasteiger partial charge in [0, 0.05) is 62.2 Å². The van der Waals surface area contributed by atoms with E-state index < -0.39 is 0 Å². The number of hydrogen-bond donors (Lipinski definition) is 0. The number of anilines is 1. The van der Waals surface area contributed by atoms with Gasteiger partial charge in [-0.25, -0.2) is 4.31 Å². The highest BCUT2D eigenvalue weighted by Gasteiger charge is 2.31. The second kappa shape index (κ2) is 9.29. The van der Waals surface area contributed by atoms with Gasteiger partial charge in [0.15, 0.2) is 0 Å². The predicted octanol–water partition coefficient (Wildman–Crippen LogP) is 4.25.